The zero-order valence-electron chi connectivity index (χ0n) is 8.71. The van der Waals surface area contributed by atoms with E-state index in [0.717, 1.165) is 0 Å². The molecule has 0 saturated heterocycles. The quantitative estimate of drug-likeness (QED) is 0.759. The normalized spacial score (nSPS) is 11.5. The highest BCUT2D eigenvalue weighted by atomic mass is 35.5. The lowest BCUT2D eigenvalue weighted by Gasteiger charge is -2.02. The average molecular weight is 243 g/mol. The molecule has 4 nitrogen and oxygen atoms in total. The highest BCUT2D eigenvalue weighted by Crippen LogP contribution is 2.26. The van der Waals surface area contributed by atoms with E-state index < -0.39 is 0 Å². The smallest absolute Gasteiger partial charge is 0.172 e. The molecule has 0 N–H and O–H groups in total. The first kappa shape index (κ1) is 11.2. The largest absolute Gasteiger partial charge is 0.265 e. The molecule has 17 heavy (non-hydrogen) atoms. The minimum absolute atomic E-state index is 0.235. The summed E-state index contributed by atoms with van der Waals surface area (Å²) in [5.41, 5.74) is 1.03. The summed E-state index contributed by atoms with van der Waals surface area (Å²) in [5.74, 6) is 0.336. The van der Waals surface area contributed by atoms with Gasteiger partial charge >= 0.3 is 0 Å². The molecule has 2 aromatic rings. The molecule has 0 aliphatic rings. The number of allylic oxidation sites excluding steroid dienone is 1. The lowest BCUT2D eigenvalue weighted by Crippen LogP contribution is -1.92. The Morgan fingerprint density at radius 1 is 1.12 bits per heavy atom. The Kier molecular flexibility index (Phi) is 3.43. The Balaban J connectivity index is 2.53. The fourth-order valence-corrected chi connectivity index (χ4v) is 1.53. The van der Waals surface area contributed by atoms with E-state index in [9.17, 15) is 0 Å². The Morgan fingerprint density at radius 2 is 1.76 bits per heavy atom. The standard InChI is InChI=1S/C12H7ClN4/c13-11(12-16-4-1-5-17-12)10(8-14)9-2-6-15-7-3-9/h1-7H/b11-10-. The van der Waals surface area contributed by atoms with Gasteiger partial charge in [-0.05, 0) is 23.8 Å². The first-order chi connectivity index (χ1) is 8.33. The summed E-state index contributed by atoms with van der Waals surface area (Å²) in [4.78, 5) is 11.9. The average Bonchev–Trinajstić information content (AvgIpc) is 2.42. The van der Waals surface area contributed by atoms with Crippen molar-refractivity contribution in [2.45, 2.75) is 0 Å². The van der Waals surface area contributed by atoms with Gasteiger partial charge in [0.15, 0.2) is 5.82 Å². The molecule has 0 radical (unpaired) electrons. The molecule has 2 aromatic heterocycles. The lowest BCUT2D eigenvalue weighted by molar-refractivity contribution is 1.13. The second-order valence-corrected chi connectivity index (χ2v) is 3.49. The number of hydrogen-bond acceptors (Lipinski definition) is 4. The highest BCUT2D eigenvalue weighted by Gasteiger charge is 2.10. The molecule has 0 unspecified atom stereocenters. The SMILES string of the molecule is N#C/C(=C(/Cl)c1ncccn1)c1ccncc1. The molecule has 0 aliphatic heterocycles. The third-order valence-electron chi connectivity index (χ3n) is 2.06. The van der Waals surface area contributed by atoms with Crippen LogP contribution in [-0.4, -0.2) is 15.0 Å². The minimum atomic E-state index is 0.235. The van der Waals surface area contributed by atoms with Crippen LogP contribution in [0.15, 0.2) is 43.0 Å². The summed E-state index contributed by atoms with van der Waals surface area (Å²) in [6, 6.07) is 7.17. The summed E-state index contributed by atoms with van der Waals surface area (Å²) >= 11 is 6.12. The van der Waals surface area contributed by atoms with Gasteiger partial charge in [0.05, 0.1) is 5.57 Å². The topological polar surface area (TPSA) is 62.5 Å². The van der Waals surface area contributed by atoms with Gasteiger partial charge in [-0.15, -0.1) is 0 Å². The highest BCUT2D eigenvalue weighted by molar-refractivity contribution is 6.52. The van der Waals surface area contributed by atoms with Gasteiger partial charge in [0, 0.05) is 24.8 Å². The van der Waals surface area contributed by atoms with Gasteiger partial charge in [0.1, 0.15) is 11.1 Å². The molecule has 82 valence electrons. The molecule has 0 aliphatic carbocycles. The van der Waals surface area contributed by atoms with Crippen LogP contribution in [0.4, 0.5) is 0 Å². The maximum atomic E-state index is 9.14. The molecule has 0 aromatic carbocycles. The summed E-state index contributed by atoms with van der Waals surface area (Å²) in [7, 11) is 0. The minimum Gasteiger partial charge on any atom is -0.265 e. The number of rotatable bonds is 2. The van der Waals surface area contributed by atoms with Crippen molar-refractivity contribution in [1.29, 1.82) is 5.26 Å². The van der Waals surface area contributed by atoms with Crippen molar-refractivity contribution < 1.29 is 0 Å². The number of nitrogens with zero attached hydrogens (tertiary/aromatic N) is 4. The van der Waals surface area contributed by atoms with E-state index in [0.29, 0.717) is 17.0 Å². The van der Waals surface area contributed by atoms with Gasteiger partial charge in [-0.1, -0.05) is 11.6 Å². The maximum absolute atomic E-state index is 9.14. The van der Waals surface area contributed by atoms with Gasteiger partial charge < -0.3 is 0 Å². The number of pyridine rings is 1. The van der Waals surface area contributed by atoms with E-state index in [1.165, 1.54) is 0 Å². The molecule has 2 rings (SSSR count). The van der Waals surface area contributed by atoms with Gasteiger partial charge in [-0.2, -0.15) is 5.26 Å². The van der Waals surface area contributed by atoms with Crippen LogP contribution in [0.5, 0.6) is 0 Å². The van der Waals surface area contributed by atoms with Crippen molar-refractivity contribution in [2.75, 3.05) is 0 Å². The number of aromatic nitrogens is 3. The summed E-state index contributed by atoms with van der Waals surface area (Å²) in [6.07, 6.45) is 6.35. The fourth-order valence-electron chi connectivity index (χ4n) is 1.28. The number of hydrogen-bond donors (Lipinski definition) is 0. The van der Waals surface area contributed by atoms with Crippen molar-refractivity contribution in [3.63, 3.8) is 0 Å². The van der Waals surface area contributed by atoms with Crippen molar-refractivity contribution in [3.8, 4) is 6.07 Å². The Hall–Kier alpha value is -2.25. The molecule has 5 heteroatoms. The van der Waals surface area contributed by atoms with E-state index in [1.807, 2.05) is 0 Å². The number of nitriles is 1. The second kappa shape index (κ2) is 5.19. The van der Waals surface area contributed by atoms with Crippen LogP contribution < -0.4 is 0 Å². The van der Waals surface area contributed by atoms with Crippen LogP contribution in [-0.2, 0) is 0 Å². The lowest BCUT2D eigenvalue weighted by atomic mass is 10.1. The van der Waals surface area contributed by atoms with Crippen LogP contribution in [0.2, 0.25) is 0 Å². The van der Waals surface area contributed by atoms with Crippen LogP contribution >= 0.6 is 11.6 Å². The molecule has 2 heterocycles. The predicted octanol–water partition coefficient (Wildman–Crippen LogP) is 2.50. The molecule has 0 spiro atoms. The van der Waals surface area contributed by atoms with Gasteiger partial charge in [-0.25, -0.2) is 9.97 Å². The molecular formula is C12H7ClN4. The summed E-state index contributed by atoms with van der Waals surface area (Å²) in [5, 5.41) is 9.38. The van der Waals surface area contributed by atoms with E-state index in [4.69, 9.17) is 16.9 Å². The molecular weight excluding hydrogens is 236 g/mol. The van der Waals surface area contributed by atoms with Crippen LogP contribution in [0, 0.1) is 11.3 Å². The Labute approximate surface area is 103 Å². The fraction of sp³-hybridized carbons (Fsp3) is 0. The van der Waals surface area contributed by atoms with Crippen molar-refractivity contribution in [3.05, 3.63) is 54.4 Å². The first-order valence-corrected chi connectivity index (χ1v) is 5.18. The third-order valence-corrected chi connectivity index (χ3v) is 2.42. The predicted molar refractivity (Wildman–Crippen MR) is 64.5 cm³/mol. The Morgan fingerprint density at radius 3 is 2.35 bits per heavy atom. The molecule has 0 fully saturated rings. The summed E-state index contributed by atoms with van der Waals surface area (Å²) in [6.45, 7) is 0. The third kappa shape index (κ3) is 2.47. The van der Waals surface area contributed by atoms with Crippen LogP contribution in [0.1, 0.15) is 11.4 Å². The van der Waals surface area contributed by atoms with Crippen LogP contribution in [0.3, 0.4) is 0 Å². The Bertz CT molecular complexity index is 572. The first-order valence-electron chi connectivity index (χ1n) is 4.80. The second-order valence-electron chi connectivity index (χ2n) is 3.11. The number of halogens is 1. The zero-order valence-corrected chi connectivity index (χ0v) is 9.46. The van der Waals surface area contributed by atoms with E-state index in [1.54, 1.807) is 43.0 Å². The maximum Gasteiger partial charge on any atom is 0.172 e. The van der Waals surface area contributed by atoms with E-state index in [2.05, 4.69) is 21.0 Å². The van der Waals surface area contributed by atoms with Crippen LogP contribution in [0.25, 0.3) is 10.6 Å². The monoisotopic (exact) mass is 242 g/mol. The van der Waals surface area contributed by atoms with E-state index >= 15 is 0 Å². The molecule has 0 bridgehead atoms. The molecule has 0 atom stereocenters. The van der Waals surface area contributed by atoms with Gasteiger partial charge in [0.25, 0.3) is 0 Å². The molecule has 0 amide bonds. The van der Waals surface area contributed by atoms with Crippen molar-refractivity contribution in [1.82, 2.24) is 15.0 Å². The van der Waals surface area contributed by atoms with Gasteiger partial charge in [-0.3, -0.25) is 4.98 Å². The van der Waals surface area contributed by atoms with Crippen molar-refractivity contribution in [2.24, 2.45) is 0 Å². The zero-order chi connectivity index (χ0) is 12.1. The van der Waals surface area contributed by atoms with Crippen molar-refractivity contribution >= 4 is 22.2 Å². The van der Waals surface area contributed by atoms with Gasteiger partial charge in [0.2, 0.25) is 0 Å². The summed E-state index contributed by atoms with van der Waals surface area (Å²) < 4.78 is 0. The molecule has 0 saturated carbocycles. The van der Waals surface area contributed by atoms with E-state index in [-0.39, 0.29) is 5.03 Å².